The number of hydrogen-bond acceptors (Lipinski definition) is 3. The summed E-state index contributed by atoms with van der Waals surface area (Å²) in [7, 11) is 0. The van der Waals surface area contributed by atoms with E-state index in [1.807, 2.05) is 0 Å². The number of benzene rings is 1. The molecule has 1 aromatic heterocycles. The molecule has 1 heterocycles. The molecule has 0 fully saturated rings. The van der Waals surface area contributed by atoms with Crippen LogP contribution in [0.5, 0.6) is 11.6 Å². The van der Waals surface area contributed by atoms with Gasteiger partial charge in [-0.15, -0.1) is 0 Å². The molecular formula is C10H4BrCl3N2O. The van der Waals surface area contributed by atoms with Crippen molar-refractivity contribution >= 4 is 50.7 Å². The standard InChI is InChI=1S/C10H4BrCl3N2O/c11-5-3-15-4-16-10(5)17-9-2-7(13)6(12)1-8(9)14/h1-4H. The molecule has 0 unspecified atom stereocenters. The number of halogens is 4. The van der Waals surface area contributed by atoms with Crippen molar-refractivity contribution in [3.63, 3.8) is 0 Å². The molecule has 0 saturated carbocycles. The van der Waals surface area contributed by atoms with E-state index in [4.69, 9.17) is 39.5 Å². The summed E-state index contributed by atoms with van der Waals surface area (Å²) in [5, 5.41) is 1.08. The minimum absolute atomic E-state index is 0.347. The molecule has 0 bridgehead atoms. The summed E-state index contributed by atoms with van der Waals surface area (Å²) in [6.07, 6.45) is 2.93. The fraction of sp³-hybridized carbons (Fsp3) is 0. The third-order valence-corrected chi connectivity index (χ3v) is 3.38. The van der Waals surface area contributed by atoms with Crippen LogP contribution in [-0.2, 0) is 0 Å². The molecular weight excluding hydrogens is 350 g/mol. The Balaban J connectivity index is 2.37. The van der Waals surface area contributed by atoms with Gasteiger partial charge >= 0.3 is 0 Å². The van der Waals surface area contributed by atoms with Gasteiger partial charge in [0.15, 0.2) is 0 Å². The fourth-order valence-electron chi connectivity index (χ4n) is 1.06. The average Bonchev–Trinajstić information content (AvgIpc) is 2.29. The maximum Gasteiger partial charge on any atom is 0.236 e. The Morgan fingerprint density at radius 2 is 1.76 bits per heavy atom. The second-order valence-electron chi connectivity index (χ2n) is 2.97. The van der Waals surface area contributed by atoms with Gasteiger partial charge in [-0.1, -0.05) is 34.8 Å². The van der Waals surface area contributed by atoms with Gasteiger partial charge in [-0.25, -0.2) is 9.97 Å². The topological polar surface area (TPSA) is 35.0 Å². The maximum atomic E-state index is 5.98. The lowest BCUT2D eigenvalue weighted by molar-refractivity contribution is 0.458. The van der Waals surface area contributed by atoms with Crippen molar-refractivity contribution in [1.29, 1.82) is 0 Å². The first-order chi connectivity index (χ1) is 8.08. The SMILES string of the molecule is Clc1cc(Cl)c(Oc2ncncc2Br)cc1Cl. The first kappa shape index (κ1) is 12.9. The van der Waals surface area contributed by atoms with Crippen molar-refractivity contribution in [3.05, 3.63) is 44.2 Å². The third-order valence-electron chi connectivity index (χ3n) is 1.82. The number of rotatable bonds is 2. The quantitative estimate of drug-likeness (QED) is 0.713. The average molecular weight is 354 g/mol. The van der Waals surface area contributed by atoms with Crippen LogP contribution in [0.25, 0.3) is 0 Å². The van der Waals surface area contributed by atoms with E-state index >= 15 is 0 Å². The molecule has 0 N–H and O–H groups in total. The van der Waals surface area contributed by atoms with Crippen LogP contribution < -0.4 is 4.74 Å². The highest BCUT2D eigenvalue weighted by Crippen LogP contribution is 2.37. The molecule has 1 aromatic carbocycles. The normalized spacial score (nSPS) is 10.4. The van der Waals surface area contributed by atoms with Crippen molar-refractivity contribution in [2.45, 2.75) is 0 Å². The molecule has 0 saturated heterocycles. The number of hydrogen-bond donors (Lipinski definition) is 0. The van der Waals surface area contributed by atoms with Crippen LogP contribution in [0.2, 0.25) is 15.1 Å². The first-order valence-corrected chi connectivity index (χ1v) is 6.28. The van der Waals surface area contributed by atoms with Crippen LogP contribution in [0.1, 0.15) is 0 Å². The summed E-state index contributed by atoms with van der Waals surface area (Å²) in [6, 6.07) is 3.04. The van der Waals surface area contributed by atoms with Crippen LogP contribution in [0.4, 0.5) is 0 Å². The van der Waals surface area contributed by atoms with Gasteiger partial charge in [0.25, 0.3) is 0 Å². The van der Waals surface area contributed by atoms with E-state index in [9.17, 15) is 0 Å². The third kappa shape index (κ3) is 3.01. The van der Waals surface area contributed by atoms with E-state index in [1.165, 1.54) is 18.5 Å². The number of aromatic nitrogens is 2. The number of nitrogens with zero attached hydrogens (tertiary/aromatic N) is 2. The Hall–Kier alpha value is -0.550. The fourth-order valence-corrected chi connectivity index (χ4v) is 1.94. The van der Waals surface area contributed by atoms with Crippen LogP contribution in [0, 0.1) is 0 Å². The Bertz CT molecular complexity index is 565. The summed E-state index contributed by atoms with van der Waals surface area (Å²) >= 11 is 20.9. The van der Waals surface area contributed by atoms with Crippen LogP contribution in [0.3, 0.4) is 0 Å². The van der Waals surface area contributed by atoms with Crippen molar-refractivity contribution in [2.24, 2.45) is 0 Å². The maximum absolute atomic E-state index is 5.98. The summed E-state index contributed by atoms with van der Waals surface area (Å²) in [4.78, 5) is 7.77. The Morgan fingerprint density at radius 1 is 1.06 bits per heavy atom. The molecule has 0 aliphatic rings. The summed E-state index contributed by atoms with van der Waals surface area (Å²) in [5.41, 5.74) is 0. The van der Waals surface area contributed by atoms with E-state index < -0.39 is 0 Å². The van der Waals surface area contributed by atoms with E-state index in [-0.39, 0.29) is 0 Å². The predicted molar refractivity (Wildman–Crippen MR) is 71.3 cm³/mol. The second-order valence-corrected chi connectivity index (χ2v) is 5.05. The Kier molecular flexibility index (Phi) is 4.09. The van der Waals surface area contributed by atoms with Crippen molar-refractivity contribution < 1.29 is 4.74 Å². The molecule has 3 nitrogen and oxygen atoms in total. The van der Waals surface area contributed by atoms with Gasteiger partial charge in [-0.2, -0.15) is 0 Å². The van der Waals surface area contributed by atoms with Gasteiger partial charge < -0.3 is 4.74 Å². The molecule has 0 amide bonds. The number of ether oxygens (including phenoxy) is 1. The van der Waals surface area contributed by atoms with E-state index in [0.717, 1.165) is 0 Å². The summed E-state index contributed by atoms with van der Waals surface area (Å²) < 4.78 is 6.12. The van der Waals surface area contributed by atoms with Crippen molar-refractivity contribution in [1.82, 2.24) is 9.97 Å². The molecule has 0 spiro atoms. The van der Waals surface area contributed by atoms with Gasteiger partial charge in [0.2, 0.25) is 5.88 Å². The zero-order chi connectivity index (χ0) is 12.4. The van der Waals surface area contributed by atoms with Crippen molar-refractivity contribution in [3.8, 4) is 11.6 Å². The molecule has 0 aliphatic carbocycles. The molecule has 7 heteroatoms. The van der Waals surface area contributed by atoms with E-state index in [2.05, 4.69) is 25.9 Å². The van der Waals surface area contributed by atoms with Crippen LogP contribution in [-0.4, -0.2) is 9.97 Å². The van der Waals surface area contributed by atoms with Gasteiger partial charge in [0, 0.05) is 12.3 Å². The van der Waals surface area contributed by atoms with Gasteiger partial charge in [0.05, 0.1) is 19.5 Å². The largest absolute Gasteiger partial charge is 0.436 e. The molecule has 2 aromatic rings. The smallest absolute Gasteiger partial charge is 0.236 e. The molecule has 0 atom stereocenters. The monoisotopic (exact) mass is 352 g/mol. The lowest BCUT2D eigenvalue weighted by Crippen LogP contribution is -1.91. The molecule has 0 aliphatic heterocycles. The highest BCUT2D eigenvalue weighted by molar-refractivity contribution is 9.10. The zero-order valence-corrected chi connectivity index (χ0v) is 12.0. The van der Waals surface area contributed by atoms with E-state index in [1.54, 1.807) is 6.20 Å². The summed E-state index contributed by atoms with van der Waals surface area (Å²) in [6.45, 7) is 0. The predicted octanol–water partition coefficient (Wildman–Crippen LogP) is 4.99. The zero-order valence-electron chi connectivity index (χ0n) is 8.12. The molecule has 17 heavy (non-hydrogen) atoms. The van der Waals surface area contributed by atoms with Crippen LogP contribution in [0.15, 0.2) is 29.1 Å². The summed E-state index contributed by atoms with van der Waals surface area (Å²) in [5.74, 6) is 0.723. The van der Waals surface area contributed by atoms with Crippen LogP contribution >= 0.6 is 50.7 Å². The minimum atomic E-state index is 0.347. The molecule has 0 radical (unpaired) electrons. The van der Waals surface area contributed by atoms with Gasteiger partial charge in [-0.3, -0.25) is 0 Å². The first-order valence-electron chi connectivity index (χ1n) is 4.36. The highest BCUT2D eigenvalue weighted by Gasteiger charge is 2.10. The minimum Gasteiger partial charge on any atom is -0.436 e. The second kappa shape index (κ2) is 5.40. The Labute approximate surface area is 121 Å². The Morgan fingerprint density at radius 3 is 2.47 bits per heavy atom. The van der Waals surface area contributed by atoms with Crippen molar-refractivity contribution in [2.75, 3.05) is 0 Å². The lowest BCUT2D eigenvalue weighted by atomic mass is 10.3. The van der Waals surface area contributed by atoms with E-state index in [0.29, 0.717) is 31.2 Å². The lowest BCUT2D eigenvalue weighted by Gasteiger charge is -2.08. The highest BCUT2D eigenvalue weighted by atomic mass is 79.9. The molecule has 88 valence electrons. The molecule has 2 rings (SSSR count). The van der Waals surface area contributed by atoms with Gasteiger partial charge in [0.1, 0.15) is 12.1 Å². The van der Waals surface area contributed by atoms with Gasteiger partial charge in [-0.05, 0) is 22.0 Å².